The molecular formula is C20H20FN3O2S. The minimum atomic E-state index is -0.403. The molecule has 1 aromatic heterocycles. The predicted molar refractivity (Wildman–Crippen MR) is 104 cm³/mol. The van der Waals surface area contributed by atoms with E-state index in [9.17, 15) is 9.18 Å². The second kappa shape index (κ2) is 7.92. The van der Waals surface area contributed by atoms with Crippen LogP contribution in [0.3, 0.4) is 0 Å². The van der Waals surface area contributed by atoms with Crippen molar-refractivity contribution in [3.8, 4) is 11.5 Å². The Kier molecular flexibility index (Phi) is 5.60. The summed E-state index contributed by atoms with van der Waals surface area (Å²) in [7, 11) is 0. The molecule has 1 N–H and O–H groups in total. The SMILES string of the molecule is CC(C)(C)c1ccc(-c2nnc(SCC(=O)Nc3cccc(F)c3)o2)cc1. The molecule has 0 fully saturated rings. The summed E-state index contributed by atoms with van der Waals surface area (Å²) >= 11 is 1.13. The summed E-state index contributed by atoms with van der Waals surface area (Å²) in [5.41, 5.74) is 2.52. The molecule has 0 unspecified atom stereocenters. The van der Waals surface area contributed by atoms with Crippen LogP contribution in [0.4, 0.5) is 10.1 Å². The van der Waals surface area contributed by atoms with Gasteiger partial charge in [-0.1, -0.05) is 50.7 Å². The van der Waals surface area contributed by atoms with E-state index < -0.39 is 5.82 Å². The fraction of sp³-hybridized carbons (Fsp3) is 0.250. The van der Waals surface area contributed by atoms with Gasteiger partial charge in [0.1, 0.15) is 5.82 Å². The first kappa shape index (κ1) is 19.1. The van der Waals surface area contributed by atoms with E-state index in [1.165, 1.54) is 23.8 Å². The molecule has 7 heteroatoms. The number of hydrogen-bond acceptors (Lipinski definition) is 5. The summed E-state index contributed by atoms with van der Waals surface area (Å²) in [6.45, 7) is 6.45. The van der Waals surface area contributed by atoms with Crippen molar-refractivity contribution in [2.45, 2.75) is 31.4 Å². The van der Waals surface area contributed by atoms with Gasteiger partial charge >= 0.3 is 0 Å². The number of thioether (sulfide) groups is 1. The van der Waals surface area contributed by atoms with Crippen molar-refractivity contribution in [3.05, 3.63) is 59.9 Å². The van der Waals surface area contributed by atoms with Crippen LogP contribution in [0.1, 0.15) is 26.3 Å². The number of aromatic nitrogens is 2. The fourth-order valence-electron chi connectivity index (χ4n) is 2.39. The molecule has 2 aromatic carbocycles. The summed E-state index contributed by atoms with van der Waals surface area (Å²) in [6, 6.07) is 13.7. The fourth-order valence-corrected chi connectivity index (χ4v) is 2.95. The Balaban J connectivity index is 1.58. The molecule has 0 saturated heterocycles. The Morgan fingerprint density at radius 1 is 1.15 bits per heavy atom. The van der Waals surface area contributed by atoms with Gasteiger partial charge < -0.3 is 9.73 Å². The number of halogens is 1. The lowest BCUT2D eigenvalue weighted by Crippen LogP contribution is -2.14. The first-order valence-corrected chi connectivity index (χ1v) is 9.42. The summed E-state index contributed by atoms with van der Waals surface area (Å²) in [4.78, 5) is 12.0. The highest BCUT2D eigenvalue weighted by Crippen LogP contribution is 2.27. The molecular weight excluding hydrogens is 365 g/mol. The van der Waals surface area contributed by atoms with Gasteiger partial charge in [-0.25, -0.2) is 4.39 Å². The van der Waals surface area contributed by atoms with Crippen LogP contribution < -0.4 is 5.32 Å². The third-order valence-electron chi connectivity index (χ3n) is 3.84. The molecule has 0 spiro atoms. The minimum Gasteiger partial charge on any atom is -0.411 e. The monoisotopic (exact) mass is 385 g/mol. The zero-order valence-electron chi connectivity index (χ0n) is 15.3. The molecule has 3 rings (SSSR count). The lowest BCUT2D eigenvalue weighted by molar-refractivity contribution is -0.113. The molecule has 27 heavy (non-hydrogen) atoms. The molecule has 3 aromatic rings. The molecule has 0 aliphatic carbocycles. The highest BCUT2D eigenvalue weighted by molar-refractivity contribution is 7.99. The van der Waals surface area contributed by atoms with Crippen molar-refractivity contribution in [1.29, 1.82) is 0 Å². The molecule has 0 atom stereocenters. The van der Waals surface area contributed by atoms with E-state index in [2.05, 4.69) is 36.3 Å². The average molecular weight is 385 g/mol. The highest BCUT2D eigenvalue weighted by atomic mass is 32.2. The van der Waals surface area contributed by atoms with Gasteiger partial charge in [0.2, 0.25) is 11.8 Å². The molecule has 0 radical (unpaired) electrons. The predicted octanol–water partition coefficient (Wildman–Crippen LogP) is 4.90. The van der Waals surface area contributed by atoms with Crippen molar-refractivity contribution in [2.75, 3.05) is 11.1 Å². The Morgan fingerprint density at radius 3 is 2.56 bits per heavy atom. The number of nitrogens with one attached hydrogen (secondary N) is 1. The molecule has 0 saturated carbocycles. The maximum absolute atomic E-state index is 13.1. The van der Waals surface area contributed by atoms with Crippen molar-refractivity contribution < 1.29 is 13.6 Å². The van der Waals surface area contributed by atoms with E-state index in [4.69, 9.17) is 4.42 Å². The lowest BCUT2D eigenvalue weighted by Gasteiger charge is -2.18. The molecule has 0 aliphatic rings. The zero-order valence-corrected chi connectivity index (χ0v) is 16.1. The first-order chi connectivity index (χ1) is 12.8. The number of rotatable bonds is 5. The van der Waals surface area contributed by atoms with Gasteiger partial charge in [-0.2, -0.15) is 0 Å². The molecule has 140 valence electrons. The summed E-state index contributed by atoms with van der Waals surface area (Å²) in [6.07, 6.45) is 0. The van der Waals surface area contributed by atoms with Crippen LogP contribution in [0.5, 0.6) is 0 Å². The van der Waals surface area contributed by atoms with E-state index in [0.717, 1.165) is 17.3 Å². The van der Waals surface area contributed by atoms with Crippen LogP contribution in [-0.2, 0) is 10.2 Å². The quantitative estimate of drug-likeness (QED) is 0.633. The Labute approximate surface area is 161 Å². The van der Waals surface area contributed by atoms with Gasteiger partial charge in [0, 0.05) is 11.3 Å². The van der Waals surface area contributed by atoms with Crippen LogP contribution >= 0.6 is 11.8 Å². The average Bonchev–Trinajstić information content (AvgIpc) is 3.08. The van der Waals surface area contributed by atoms with Gasteiger partial charge in [0.05, 0.1) is 5.75 Å². The van der Waals surface area contributed by atoms with Gasteiger partial charge in [0.15, 0.2) is 0 Å². The number of amides is 1. The van der Waals surface area contributed by atoms with Crippen LogP contribution in [0.25, 0.3) is 11.5 Å². The second-order valence-corrected chi connectivity index (χ2v) is 7.97. The van der Waals surface area contributed by atoms with Crippen molar-refractivity contribution >= 4 is 23.4 Å². The molecule has 5 nitrogen and oxygen atoms in total. The van der Waals surface area contributed by atoms with Crippen molar-refractivity contribution in [3.63, 3.8) is 0 Å². The van der Waals surface area contributed by atoms with Gasteiger partial charge in [-0.3, -0.25) is 4.79 Å². The highest BCUT2D eigenvalue weighted by Gasteiger charge is 2.15. The van der Waals surface area contributed by atoms with Crippen molar-refractivity contribution in [1.82, 2.24) is 10.2 Å². The number of hydrogen-bond donors (Lipinski definition) is 1. The van der Waals surface area contributed by atoms with Gasteiger partial charge in [0.25, 0.3) is 5.22 Å². The van der Waals surface area contributed by atoms with Crippen LogP contribution in [-0.4, -0.2) is 21.9 Å². The standard InChI is InChI=1S/C20H20FN3O2S/c1-20(2,3)14-9-7-13(8-10-14)18-23-24-19(26-18)27-12-17(25)22-16-6-4-5-15(21)11-16/h4-11H,12H2,1-3H3,(H,22,25). The minimum absolute atomic E-state index is 0.0728. The number of anilines is 1. The first-order valence-electron chi connectivity index (χ1n) is 8.44. The Morgan fingerprint density at radius 2 is 1.89 bits per heavy atom. The third-order valence-corrected chi connectivity index (χ3v) is 4.66. The molecule has 1 amide bonds. The van der Waals surface area contributed by atoms with Crippen LogP contribution in [0, 0.1) is 5.82 Å². The van der Waals surface area contributed by atoms with Crippen LogP contribution in [0.2, 0.25) is 0 Å². The third kappa shape index (κ3) is 5.17. The summed E-state index contributed by atoms with van der Waals surface area (Å²) in [5, 5.41) is 10.9. The smallest absolute Gasteiger partial charge is 0.277 e. The zero-order chi connectivity index (χ0) is 19.4. The topological polar surface area (TPSA) is 68.0 Å². The van der Waals surface area contributed by atoms with Crippen molar-refractivity contribution in [2.24, 2.45) is 0 Å². The largest absolute Gasteiger partial charge is 0.411 e. The number of benzene rings is 2. The van der Waals surface area contributed by atoms with Crippen LogP contribution in [0.15, 0.2) is 58.2 Å². The van der Waals surface area contributed by atoms with E-state index >= 15 is 0 Å². The molecule has 1 heterocycles. The summed E-state index contributed by atoms with van der Waals surface area (Å²) < 4.78 is 18.7. The van der Waals surface area contributed by atoms with E-state index in [1.807, 2.05) is 24.3 Å². The Hall–Kier alpha value is -2.67. The van der Waals surface area contributed by atoms with Gasteiger partial charge in [-0.15, -0.1) is 10.2 Å². The normalized spacial score (nSPS) is 11.4. The summed E-state index contributed by atoms with van der Waals surface area (Å²) in [5.74, 6) is -0.191. The molecule has 0 bridgehead atoms. The maximum atomic E-state index is 13.1. The Bertz CT molecular complexity index is 933. The van der Waals surface area contributed by atoms with E-state index in [0.29, 0.717) is 16.8 Å². The number of carbonyl (C=O) groups is 1. The molecule has 0 aliphatic heterocycles. The number of nitrogens with zero attached hydrogens (tertiary/aromatic N) is 2. The number of carbonyl (C=O) groups excluding carboxylic acids is 1. The maximum Gasteiger partial charge on any atom is 0.277 e. The lowest BCUT2D eigenvalue weighted by atomic mass is 9.87. The second-order valence-electron chi connectivity index (χ2n) is 7.05. The van der Waals surface area contributed by atoms with E-state index in [1.54, 1.807) is 6.07 Å². The van der Waals surface area contributed by atoms with E-state index in [-0.39, 0.29) is 17.1 Å². The van der Waals surface area contributed by atoms with Gasteiger partial charge in [-0.05, 0) is 41.3 Å².